The molecule has 1 aromatic heterocycles. The van der Waals surface area contributed by atoms with Gasteiger partial charge in [-0.05, 0) is 12.1 Å². The van der Waals surface area contributed by atoms with Gasteiger partial charge in [0.1, 0.15) is 5.69 Å². The van der Waals surface area contributed by atoms with Crippen molar-refractivity contribution >= 4 is 5.97 Å². The van der Waals surface area contributed by atoms with Crippen LogP contribution in [0.15, 0.2) is 34.9 Å². The van der Waals surface area contributed by atoms with Crippen LogP contribution in [0.5, 0.6) is 0 Å². The monoisotopic (exact) mass is 257 g/mol. The number of carboxylic acid groups (broad SMARTS) is 1. The topological polar surface area (TPSA) is 63.3 Å². The van der Waals surface area contributed by atoms with Gasteiger partial charge in [-0.3, -0.25) is 0 Å². The first-order valence-corrected chi connectivity index (χ1v) is 4.75. The van der Waals surface area contributed by atoms with Crippen LogP contribution in [-0.4, -0.2) is 16.2 Å². The van der Waals surface area contributed by atoms with E-state index in [0.29, 0.717) is 0 Å². The number of carbonyl (C=O) groups is 1. The summed E-state index contributed by atoms with van der Waals surface area (Å²) in [6.07, 6.45) is -4.46. The molecular formula is C11H6F3NO3. The van der Waals surface area contributed by atoms with Gasteiger partial charge < -0.3 is 9.63 Å². The number of aromatic nitrogens is 1. The zero-order chi connectivity index (χ0) is 13.3. The zero-order valence-electron chi connectivity index (χ0n) is 8.73. The Morgan fingerprint density at radius 3 is 2.56 bits per heavy atom. The van der Waals surface area contributed by atoms with Crippen LogP contribution in [0, 0.1) is 0 Å². The lowest BCUT2D eigenvalue weighted by atomic mass is 10.1. The number of hydrogen-bond donors (Lipinski definition) is 1. The second-order valence-corrected chi connectivity index (χ2v) is 3.46. The lowest BCUT2D eigenvalue weighted by Gasteiger charge is -2.06. The molecule has 0 amide bonds. The van der Waals surface area contributed by atoms with Crippen molar-refractivity contribution in [1.82, 2.24) is 5.16 Å². The highest BCUT2D eigenvalue weighted by atomic mass is 19.4. The number of nitrogens with zero attached hydrogens (tertiary/aromatic N) is 1. The van der Waals surface area contributed by atoms with E-state index in [0.717, 1.165) is 18.2 Å². The van der Waals surface area contributed by atoms with Crippen molar-refractivity contribution < 1.29 is 27.6 Å². The lowest BCUT2D eigenvalue weighted by Crippen LogP contribution is -2.04. The van der Waals surface area contributed by atoms with Gasteiger partial charge in [-0.15, -0.1) is 0 Å². The van der Waals surface area contributed by atoms with Crippen LogP contribution in [0.25, 0.3) is 11.3 Å². The molecule has 0 saturated heterocycles. The first-order valence-electron chi connectivity index (χ1n) is 4.75. The average Bonchev–Trinajstić information content (AvgIpc) is 2.77. The van der Waals surface area contributed by atoms with E-state index in [1.54, 1.807) is 0 Å². The molecule has 2 rings (SSSR count). The highest BCUT2D eigenvalue weighted by Gasteiger charge is 2.30. The number of hydrogen-bond acceptors (Lipinski definition) is 3. The minimum Gasteiger partial charge on any atom is -0.475 e. The third kappa shape index (κ3) is 2.34. The van der Waals surface area contributed by atoms with Crippen LogP contribution >= 0.6 is 0 Å². The van der Waals surface area contributed by atoms with Crippen LogP contribution in [0.3, 0.4) is 0 Å². The normalized spacial score (nSPS) is 11.5. The molecule has 0 aliphatic rings. The molecular weight excluding hydrogens is 251 g/mol. The van der Waals surface area contributed by atoms with Crippen molar-refractivity contribution in [1.29, 1.82) is 0 Å². The van der Waals surface area contributed by atoms with Gasteiger partial charge in [0, 0.05) is 11.6 Å². The van der Waals surface area contributed by atoms with Gasteiger partial charge in [-0.2, -0.15) is 13.2 Å². The van der Waals surface area contributed by atoms with Crippen LogP contribution in [-0.2, 0) is 6.18 Å². The molecule has 0 aliphatic heterocycles. The largest absolute Gasteiger partial charge is 0.475 e. The molecule has 0 unspecified atom stereocenters. The van der Waals surface area contributed by atoms with Crippen molar-refractivity contribution in [2.75, 3.05) is 0 Å². The van der Waals surface area contributed by atoms with Gasteiger partial charge >= 0.3 is 12.1 Å². The third-order valence-corrected chi connectivity index (χ3v) is 2.21. The highest BCUT2D eigenvalue weighted by Crippen LogP contribution is 2.31. The van der Waals surface area contributed by atoms with Crippen LogP contribution in [0.1, 0.15) is 16.1 Å². The molecule has 0 saturated carbocycles. The van der Waals surface area contributed by atoms with E-state index in [2.05, 4.69) is 9.68 Å². The molecule has 94 valence electrons. The maximum atomic E-state index is 12.5. The Bertz CT molecular complexity index is 589. The molecule has 7 heteroatoms. The van der Waals surface area contributed by atoms with Gasteiger partial charge in [0.2, 0.25) is 5.76 Å². The predicted molar refractivity (Wildman–Crippen MR) is 53.9 cm³/mol. The molecule has 0 radical (unpaired) electrons. The SMILES string of the molecule is O=C(O)c1cc(-c2cccc(C(F)(F)F)c2)no1. The summed E-state index contributed by atoms with van der Waals surface area (Å²) in [4.78, 5) is 10.6. The molecule has 0 bridgehead atoms. The zero-order valence-corrected chi connectivity index (χ0v) is 8.73. The molecule has 1 aromatic carbocycles. The van der Waals surface area contributed by atoms with Crippen LogP contribution in [0.2, 0.25) is 0 Å². The van der Waals surface area contributed by atoms with E-state index in [9.17, 15) is 18.0 Å². The van der Waals surface area contributed by atoms with Gasteiger partial charge in [0.15, 0.2) is 0 Å². The van der Waals surface area contributed by atoms with E-state index in [1.807, 2.05) is 0 Å². The summed E-state index contributed by atoms with van der Waals surface area (Å²) < 4.78 is 41.9. The Balaban J connectivity index is 2.41. The Morgan fingerprint density at radius 1 is 1.28 bits per heavy atom. The number of carboxylic acids is 1. The molecule has 1 N–H and O–H groups in total. The predicted octanol–water partition coefficient (Wildman–Crippen LogP) is 3.06. The fraction of sp³-hybridized carbons (Fsp3) is 0.0909. The summed E-state index contributed by atoms with van der Waals surface area (Å²) in [5, 5.41) is 12.0. The summed E-state index contributed by atoms with van der Waals surface area (Å²) >= 11 is 0. The highest BCUT2D eigenvalue weighted by molar-refractivity contribution is 5.85. The average molecular weight is 257 g/mol. The van der Waals surface area contributed by atoms with Crippen molar-refractivity contribution in [3.63, 3.8) is 0 Å². The molecule has 1 heterocycles. The summed E-state index contributed by atoms with van der Waals surface area (Å²) in [5.74, 6) is -1.76. The quantitative estimate of drug-likeness (QED) is 0.897. The lowest BCUT2D eigenvalue weighted by molar-refractivity contribution is -0.137. The fourth-order valence-electron chi connectivity index (χ4n) is 1.37. The number of rotatable bonds is 2. The first kappa shape index (κ1) is 12.2. The fourth-order valence-corrected chi connectivity index (χ4v) is 1.37. The smallest absolute Gasteiger partial charge is 0.416 e. The van der Waals surface area contributed by atoms with E-state index in [1.165, 1.54) is 12.1 Å². The standard InChI is InChI=1S/C11H6F3NO3/c12-11(13,14)7-3-1-2-6(4-7)8-5-9(10(16)17)18-15-8/h1-5H,(H,16,17). The van der Waals surface area contributed by atoms with E-state index in [-0.39, 0.29) is 11.3 Å². The maximum Gasteiger partial charge on any atom is 0.416 e. The van der Waals surface area contributed by atoms with Gasteiger partial charge in [0.25, 0.3) is 0 Å². The van der Waals surface area contributed by atoms with Crippen molar-refractivity contribution in [2.24, 2.45) is 0 Å². The Labute approximate surface area is 98.6 Å². The first-order chi connectivity index (χ1) is 8.38. The molecule has 0 fully saturated rings. The van der Waals surface area contributed by atoms with Crippen molar-refractivity contribution in [3.8, 4) is 11.3 Å². The molecule has 4 nitrogen and oxygen atoms in total. The molecule has 0 atom stereocenters. The van der Waals surface area contributed by atoms with Gasteiger partial charge in [-0.1, -0.05) is 17.3 Å². The van der Waals surface area contributed by atoms with Crippen molar-refractivity contribution in [3.05, 3.63) is 41.7 Å². The van der Waals surface area contributed by atoms with E-state index < -0.39 is 23.5 Å². The van der Waals surface area contributed by atoms with Crippen LogP contribution < -0.4 is 0 Å². The summed E-state index contributed by atoms with van der Waals surface area (Å²) in [6.45, 7) is 0. The van der Waals surface area contributed by atoms with Crippen LogP contribution in [0.4, 0.5) is 13.2 Å². The third-order valence-electron chi connectivity index (χ3n) is 2.21. The summed E-state index contributed by atoms with van der Waals surface area (Å²) in [6, 6.07) is 5.47. The van der Waals surface area contributed by atoms with Gasteiger partial charge in [-0.25, -0.2) is 4.79 Å². The molecule has 0 spiro atoms. The summed E-state index contributed by atoms with van der Waals surface area (Å²) in [5.41, 5.74) is -0.653. The number of benzene rings is 1. The Morgan fingerprint density at radius 2 is 2.00 bits per heavy atom. The molecule has 18 heavy (non-hydrogen) atoms. The van der Waals surface area contributed by atoms with E-state index in [4.69, 9.17) is 5.11 Å². The second kappa shape index (κ2) is 4.17. The minimum absolute atomic E-state index is 0.0403. The second-order valence-electron chi connectivity index (χ2n) is 3.46. The van der Waals surface area contributed by atoms with Crippen molar-refractivity contribution in [2.45, 2.75) is 6.18 Å². The minimum atomic E-state index is -4.46. The van der Waals surface area contributed by atoms with E-state index >= 15 is 0 Å². The molecule has 2 aromatic rings. The number of alkyl halides is 3. The summed E-state index contributed by atoms with van der Waals surface area (Å²) in [7, 11) is 0. The Hall–Kier alpha value is -2.31. The maximum absolute atomic E-state index is 12.5. The molecule has 0 aliphatic carbocycles. The number of halogens is 3. The van der Waals surface area contributed by atoms with Gasteiger partial charge in [0.05, 0.1) is 5.56 Å². The Kier molecular flexibility index (Phi) is 2.82. The number of aromatic carboxylic acids is 1.